The van der Waals surface area contributed by atoms with Crippen LogP contribution in [0.15, 0.2) is 47.6 Å². The van der Waals surface area contributed by atoms with Crippen LogP contribution in [-0.4, -0.2) is 52.7 Å². The first-order chi connectivity index (χ1) is 14.0. The number of carbonyl (C=O) groups is 1. The molecule has 29 heavy (non-hydrogen) atoms. The van der Waals surface area contributed by atoms with E-state index in [0.29, 0.717) is 30.2 Å². The van der Waals surface area contributed by atoms with Gasteiger partial charge in [0.1, 0.15) is 5.69 Å². The van der Waals surface area contributed by atoms with E-state index >= 15 is 0 Å². The summed E-state index contributed by atoms with van der Waals surface area (Å²) in [6, 6.07) is 6.92. The number of nitrogens with zero attached hydrogens (tertiary/aromatic N) is 2. The minimum absolute atomic E-state index is 0.0186. The largest absolute Gasteiger partial charge is 0.493 e. The Labute approximate surface area is 168 Å². The Kier molecular flexibility index (Phi) is 5.07. The Bertz CT molecular complexity index is 997. The average Bonchev–Trinajstić information content (AvgIpc) is 2.73. The van der Waals surface area contributed by atoms with Gasteiger partial charge in [0.15, 0.2) is 11.5 Å². The summed E-state index contributed by atoms with van der Waals surface area (Å²) in [5.41, 5.74) is 3.32. The number of aliphatic hydroxyl groups is 1. The zero-order valence-electron chi connectivity index (χ0n) is 16.2. The van der Waals surface area contributed by atoms with Gasteiger partial charge in [0, 0.05) is 23.2 Å². The van der Waals surface area contributed by atoms with Crippen LogP contribution in [0.3, 0.4) is 0 Å². The molecule has 0 amide bonds. The van der Waals surface area contributed by atoms with Crippen LogP contribution in [0.2, 0.25) is 0 Å². The first-order valence-corrected chi connectivity index (χ1v) is 9.50. The van der Waals surface area contributed by atoms with Gasteiger partial charge in [-0.05, 0) is 43.2 Å². The number of carboxylic acid groups (broad SMARTS) is 1. The van der Waals surface area contributed by atoms with Crippen molar-refractivity contribution in [2.45, 2.75) is 31.4 Å². The third-order valence-corrected chi connectivity index (χ3v) is 5.26. The van der Waals surface area contributed by atoms with Crippen molar-refractivity contribution in [3.05, 3.63) is 65.0 Å². The highest BCUT2D eigenvalue weighted by atomic mass is 16.5. The molecule has 0 bridgehead atoms. The van der Waals surface area contributed by atoms with E-state index in [1.54, 1.807) is 19.3 Å². The molecule has 1 aromatic carbocycles. The van der Waals surface area contributed by atoms with Crippen molar-refractivity contribution in [1.82, 2.24) is 4.98 Å². The van der Waals surface area contributed by atoms with Gasteiger partial charge in [-0.3, -0.25) is 4.99 Å². The summed E-state index contributed by atoms with van der Waals surface area (Å²) in [7, 11) is 1.59. The number of aromatic nitrogens is 1. The van der Waals surface area contributed by atoms with Crippen LogP contribution < -0.4 is 9.47 Å². The van der Waals surface area contributed by atoms with Crippen molar-refractivity contribution in [2.75, 3.05) is 13.7 Å². The van der Waals surface area contributed by atoms with Gasteiger partial charge >= 0.3 is 5.97 Å². The average molecular weight is 394 g/mol. The Balaban J connectivity index is 1.88. The van der Waals surface area contributed by atoms with Crippen molar-refractivity contribution in [2.24, 2.45) is 4.99 Å². The molecule has 2 N–H and O–H groups in total. The maximum atomic E-state index is 11.1. The molecule has 2 heterocycles. The van der Waals surface area contributed by atoms with Gasteiger partial charge in [0.25, 0.3) is 0 Å². The maximum Gasteiger partial charge on any atom is 0.354 e. The van der Waals surface area contributed by atoms with Crippen molar-refractivity contribution in [3.63, 3.8) is 0 Å². The number of hydrogen-bond acceptors (Lipinski definition) is 6. The van der Waals surface area contributed by atoms with E-state index in [9.17, 15) is 9.90 Å². The van der Waals surface area contributed by atoms with Gasteiger partial charge in [-0.15, -0.1) is 0 Å². The summed E-state index contributed by atoms with van der Waals surface area (Å²) in [4.78, 5) is 20.1. The van der Waals surface area contributed by atoms with Gasteiger partial charge in [-0.1, -0.05) is 12.2 Å². The van der Waals surface area contributed by atoms with E-state index in [1.165, 1.54) is 12.3 Å². The first kappa shape index (κ1) is 19.1. The molecule has 1 aromatic heterocycles. The van der Waals surface area contributed by atoms with Gasteiger partial charge in [0.05, 0.1) is 31.6 Å². The molecule has 0 saturated heterocycles. The predicted octanol–water partition coefficient (Wildman–Crippen LogP) is 2.81. The molecular formula is C22H22N2O5. The van der Waals surface area contributed by atoms with Crippen LogP contribution in [0, 0.1) is 0 Å². The molecule has 0 fully saturated rings. The smallest absolute Gasteiger partial charge is 0.354 e. The molecule has 1 aliphatic carbocycles. The lowest BCUT2D eigenvalue weighted by molar-refractivity contribution is 0.0690. The fourth-order valence-electron chi connectivity index (χ4n) is 3.92. The highest BCUT2D eigenvalue weighted by Gasteiger charge is 2.35. The molecule has 1 aliphatic heterocycles. The zero-order chi connectivity index (χ0) is 20.5. The van der Waals surface area contributed by atoms with Crippen LogP contribution in [0.1, 0.15) is 46.4 Å². The number of rotatable bonds is 5. The van der Waals surface area contributed by atoms with Crippen LogP contribution in [0.5, 0.6) is 11.5 Å². The number of fused-ring (bicyclic) bond motifs is 3. The molecule has 150 valence electrons. The number of aliphatic hydroxyl groups excluding tert-OH is 1. The summed E-state index contributed by atoms with van der Waals surface area (Å²) in [5.74, 6) is 0.191. The fourth-order valence-corrected chi connectivity index (χ4v) is 3.92. The molecule has 3 atom stereocenters. The molecule has 4 rings (SSSR count). The van der Waals surface area contributed by atoms with E-state index in [-0.39, 0.29) is 17.7 Å². The fraction of sp³-hybridized carbons (Fsp3) is 0.318. The monoisotopic (exact) mass is 394 g/mol. The molecule has 0 spiro atoms. The van der Waals surface area contributed by atoms with Crippen molar-refractivity contribution >= 4 is 11.7 Å². The Morgan fingerprint density at radius 2 is 2.07 bits per heavy atom. The summed E-state index contributed by atoms with van der Waals surface area (Å²) < 4.78 is 11.3. The van der Waals surface area contributed by atoms with Crippen molar-refractivity contribution in [1.29, 1.82) is 0 Å². The summed E-state index contributed by atoms with van der Waals surface area (Å²) in [6.07, 6.45) is 5.27. The van der Waals surface area contributed by atoms with Crippen LogP contribution >= 0.6 is 0 Å². The molecule has 0 saturated carbocycles. The van der Waals surface area contributed by atoms with Crippen molar-refractivity contribution in [3.8, 4) is 11.5 Å². The quantitative estimate of drug-likeness (QED) is 0.757. The lowest BCUT2D eigenvalue weighted by atomic mass is 9.77. The summed E-state index contributed by atoms with van der Waals surface area (Å²) >= 11 is 0. The number of carboxylic acids is 1. The van der Waals surface area contributed by atoms with Crippen molar-refractivity contribution < 1.29 is 24.5 Å². The number of hydrogen-bond donors (Lipinski definition) is 2. The lowest BCUT2D eigenvalue weighted by Gasteiger charge is -2.34. The normalized spacial score (nSPS) is 22.3. The number of aromatic carboxylic acids is 1. The van der Waals surface area contributed by atoms with Crippen LogP contribution in [-0.2, 0) is 0 Å². The van der Waals surface area contributed by atoms with E-state index < -0.39 is 12.1 Å². The predicted molar refractivity (Wildman–Crippen MR) is 107 cm³/mol. The third-order valence-electron chi connectivity index (χ3n) is 5.26. The summed E-state index contributed by atoms with van der Waals surface area (Å²) in [6.45, 7) is 2.42. The van der Waals surface area contributed by atoms with Gasteiger partial charge in [-0.25, -0.2) is 9.78 Å². The number of methoxy groups -OCH3 is 1. The molecule has 0 radical (unpaired) electrons. The second-order valence-corrected chi connectivity index (χ2v) is 7.02. The van der Waals surface area contributed by atoms with Gasteiger partial charge in [-0.2, -0.15) is 0 Å². The molecule has 7 heteroatoms. The third kappa shape index (κ3) is 3.49. The molecule has 0 unspecified atom stereocenters. The second kappa shape index (κ2) is 7.67. The van der Waals surface area contributed by atoms with Gasteiger partial charge < -0.3 is 19.7 Å². The van der Waals surface area contributed by atoms with E-state index in [0.717, 1.165) is 16.7 Å². The number of ether oxygens (including phenoxy) is 2. The highest BCUT2D eigenvalue weighted by Crippen LogP contribution is 2.43. The first-order valence-electron chi connectivity index (χ1n) is 9.50. The van der Waals surface area contributed by atoms with E-state index in [2.05, 4.69) is 4.98 Å². The summed E-state index contributed by atoms with van der Waals surface area (Å²) in [5, 5.41) is 19.3. The SMILES string of the molecule is CCOc1cc2c(cc1OC)C(c1ccc(C(=O)O)nc1)=N[C@@H]1C=C[C@H](O)C[C@H]21. The number of aliphatic imine (C=N–C) groups is 1. The second-order valence-electron chi connectivity index (χ2n) is 7.02. The molecule has 7 nitrogen and oxygen atoms in total. The van der Waals surface area contributed by atoms with Crippen LogP contribution in [0.4, 0.5) is 0 Å². The lowest BCUT2D eigenvalue weighted by Crippen LogP contribution is -2.31. The molecular weight excluding hydrogens is 372 g/mol. The minimum Gasteiger partial charge on any atom is -0.493 e. The molecule has 2 aromatic rings. The Hall–Kier alpha value is -3.19. The van der Waals surface area contributed by atoms with Crippen LogP contribution in [0.25, 0.3) is 0 Å². The Morgan fingerprint density at radius 1 is 1.24 bits per heavy atom. The molecule has 2 aliphatic rings. The van der Waals surface area contributed by atoms with Gasteiger partial charge in [0.2, 0.25) is 0 Å². The topological polar surface area (TPSA) is 101 Å². The van der Waals surface area contributed by atoms with E-state index in [4.69, 9.17) is 19.6 Å². The van der Waals surface area contributed by atoms with E-state index in [1.807, 2.05) is 25.1 Å². The highest BCUT2D eigenvalue weighted by molar-refractivity contribution is 6.15. The number of pyridine rings is 1. The minimum atomic E-state index is -1.07. The number of benzene rings is 1. The standard InChI is InChI=1S/C22H22N2O5/c1-3-29-20-9-14-15-8-13(25)5-7-17(15)24-21(16(14)10-19(20)28-2)12-4-6-18(22(26)27)23-11-12/h4-7,9-11,13,15,17,25H,3,8H2,1-2H3,(H,26,27)/t13-,15+,17+/m0/s1. The zero-order valence-corrected chi connectivity index (χ0v) is 16.2. The Morgan fingerprint density at radius 3 is 2.72 bits per heavy atom. The maximum absolute atomic E-state index is 11.1.